The number of carbonyl (C=O) groups is 2. The molecule has 1 atom stereocenters. The number of hydrogen-bond acceptors (Lipinski definition) is 4. The summed E-state index contributed by atoms with van der Waals surface area (Å²) in [6.45, 7) is 7.13. The molecule has 7 heteroatoms. The van der Waals surface area contributed by atoms with E-state index in [0.717, 1.165) is 6.08 Å². The summed E-state index contributed by atoms with van der Waals surface area (Å²) in [5.41, 5.74) is 7.06. The number of carboxylic acid groups (broad SMARTS) is 1. The van der Waals surface area contributed by atoms with Crippen LogP contribution in [-0.2, 0) is 4.79 Å². The fourth-order valence-electron chi connectivity index (χ4n) is 2.58. The third-order valence-electron chi connectivity index (χ3n) is 3.89. The molecule has 0 bridgehead atoms. The molecule has 0 saturated heterocycles. The van der Waals surface area contributed by atoms with Gasteiger partial charge in [-0.3, -0.25) is 0 Å². The fourth-order valence-corrected chi connectivity index (χ4v) is 2.58. The normalized spacial score (nSPS) is 26.2. The van der Waals surface area contributed by atoms with Crippen molar-refractivity contribution in [3.8, 4) is 0 Å². The number of carboxylic acids is 1. The average Bonchev–Trinajstić information content (AvgIpc) is 2.39. The summed E-state index contributed by atoms with van der Waals surface area (Å²) in [4.78, 5) is 21.4. The Hall–Kier alpha value is -2.41. The van der Waals surface area contributed by atoms with Crippen LogP contribution < -0.4 is 11.2 Å². The average molecular weight is 321 g/mol. The van der Waals surface area contributed by atoms with Crippen LogP contribution >= 0.6 is 0 Å². The van der Waals surface area contributed by atoms with Gasteiger partial charge in [-0.15, -0.1) is 0 Å². The number of carbonyl (C=O) groups excluding carboxylic acids is 1. The molecule has 0 heterocycles. The van der Waals surface area contributed by atoms with Crippen molar-refractivity contribution in [3.05, 3.63) is 35.5 Å². The van der Waals surface area contributed by atoms with Crippen molar-refractivity contribution in [1.82, 2.24) is 5.43 Å². The van der Waals surface area contributed by atoms with E-state index in [1.807, 2.05) is 13.8 Å². The lowest BCUT2D eigenvalue weighted by atomic mass is 9.64. The van der Waals surface area contributed by atoms with Crippen molar-refractivity contribution in [2.24, 2.45) is 16.3 Å². The highest BCUT2D eigenvalue weighted by Crippen LogP contribution is 2.44. The maximum atomic E-state index is 11.0. The van der Waals surface area contributed by atoms with Crippen LogP contribution in [0.4, 0.5) is 4.79 Å². The van der Waals surface area contributed by atoms with Crippen LogP contribution in [0.5, 0.6) is 0 Å². The summed E-state index contributed by atoms with van der Waals surface area (Å²) in [5.74, 6) is -1.04. The second-order valence-corrected chi connectivity index (χ2v) is 6.29. The van der Waals surface area contributed by atoms with Gasteiger partial charge in [0, 0.05) is 11.5 Å². The summed E-state index contributed by atoms with van der Waals surface area (Å²) in [5, 5.41) is 23.7. The number of aliphatic hydroxyl groups is 1. The van der Waals surface area contributed by atoms with Gasteiger partial charge in [0.2, 0.25) is 0 Å². The van der Waals surface area contributed by atoms with E-state index in [9.17, 15) is 14.7 Å². The first-order valence-electron chi connectivity index (χ1n) is 7.11. The minimum absolute atomic E-state index is 0.410. The first-order valence-corrected chi connectivity index (χ1v) is 7.11. The van der Waals surface area contributed by atoms with Gasteiger partial charge in [0.05, 0.1) is 5.71 Å². The Morgan fingerprint density at radius 1 is 1.43 bits per heavy atom. The van der Waals surface area contributed by atoms with Crippen molar-refractivity contribution >= 4 is 17.7 Å². The Balaban J connectivity index is 3.17. The van der Waals surface area contributed by atoms with Crippen molar-refractivity contribution in [1.29, 1.82) is 0 Å². The molecular weight excluding hydrogens is 298 g/mol. The molecule has 0 aliphatic heterocycles. The van der Waals surface area contributed by atoms with Gasteiger partial charge in [-0.05, 0) is 43.6 Å². The lowest BCUT2D eigenvalue weighted by Crippen LogP contribution is -2.48. The van der Waals surface area contributed by atoms with E-state index in [-0.39, 0.29) is 0 Å². The second-order valence-electron chi connectivity index (χ2n) is 6.29. The lowest BCUT2D eigenvalue weighted by Gasteiger charge is -2.44. The van der Waals surface area contributed by atoms with Crippen LogP contribution in [0.3, 0.4) is 0 Å². The van der Waals surface area contributed by atoms with Crippen molar-refractivity contribution in [2.45, 2.75) is 39.7 Å². The molecule has 0 spiro atoms. The highest BCUT2D eigenvalue weighted by molar-refractivity contribution is 5.98. The van der Waals surface area contributed by atoms with Gasteiger partial charge in [-0.2, -0.15) is 5.10 Å². The van der Waals surface area contributed by atoms with Gasteiger partial charge in [-0.25, -0.2) is 15.0 Å². The second kappa shape index (κ2) is 6.78. The Morgan fingerprint density at radius 2 is 2.04 bits per heavy atom. The summed E-state index contributed by atoms with van der Waals surface area (Å²) in [7, 11) is 0. The molecule has 0 fully saturated rings. The lowest BCUT2D eigenvalue weighted by molar-refractivity contribution is -0.131. The van der Waals surface area contributed by atoms with E-state index in [1.165, 1.54) is 0 Å². The van der Waals surface area contributed by atoms with Crippen molar-refractivity contribution in [3.63, 3.8) is 0 Å². The minimum atomic E-state index is -1.26. The number of hydrogen-bond donors (Lipinski definition) is 4. The van der Waals surface area contributed by atoms with E-state index in [1.54, 1.807) is 32.1 Å². The quantitative estimate of drug-likeness (QED) is 0.357. The molecule has 1 aliphatic carbocycles. The predicted octanol–water partition coefficient (Wildman–Crippen LogP) is 1.71. The largest absolute Gasteiger partial charge is 0.478 e. The van der Waals surface area contributed by atoms with Crippen LogP contribution in [0.2, 0.25) is 0 Å². The molecule has 0 aromatic heterocycles. The Kier molecular flexibility index (Phi) is 5.50. The SMILES string of the molecule is CC1=C/C(=N\NC(N)=O)CC(C)(C)C1(O)/C=C/C(C)=C/C(=O)O. The summed E-state index contributed by atoms with van der Waals surface area (Å²) >= 11 is 0. The smallest absolute Gasteiger partial charge is 0.332 e. The van der Waals surface area contributed by atoms with Crippen molar-refractivity contribution in [2.75, 3.05) is 0 Å². The molecule has 0 aromatic carbocycles. The molecule has 1 rings (SSSR count). The molecule has 0 aromatic rings. The summed E-state index contributed by atoms with van der Waals surface area (Å²) in [6.07, 6.45) is 6.33. The molecule has 5 N–H and O–H groups in total. The Morgan fingerprint density at radius 3 is 2.52 bits per heavy atom. The zero-order valence-corrected chi connectivity index (χ0v) is 13.8. The standard InChI is InChI=1S/C16H23N3O4/c1-10(7-13(20)21)5-6-16(23)11(2)8-12(9-15(16,3)4)18-19-14(17)22/h5-8,23H,9H2,1-4H3,(H,20,21)(H3,17,19,22)/b6-5+,10-7+,18-12+. The Labute approximate surface area is 135 Å². The van der Waals surface area contributed by atoms with Crippen LogP contribution in [-0.4, -0.2) is 33.5 Å². The highest BCUT2D eigenvalue weighted by Gasteiger charge is 2.46. The van der Waals surface area contributed by atoms with Crippen LogP contribution in [0.15, 0.2) is 40.6 Å². The van der Waals surface area contributed by atoms with Crippen LogP contribution in [0, 0.1) is 5.41 Å². The third-order valence-corrected chi connectivity index (χ3v) is 3.89. The van der Waals surface area contributed by atoms with Gasteiger partial charge >= 0.3 is 12.0 Å². The molecule has 23 heavy (non-hydrogen) atoms. The van der Waals surface area contributed by atoms with E-state index >= 15 is 0 Å². The number of amides is 2. The zero-order chi connectivity index (χ0) is 17.8. The maximum absolute atomic E-state index is 11.0. The van der Waals surface area contributed by atoms with E-state index in [0.29, 0.717) is 23.3 Å². The molecule has 7 nitrogen and oxygen atoms in total. The number of hydrazone groups is 1. The highest BCUT2D eigenvalue weighted by atomic mass is 16.4. The zero-order valence-electron chi connectivity index (χ0n) is 13.8. The van der Waals surface area contributed by atoms with Gasteiger partial charge in [0.1, 0.15) is 5.60 Å². The molecule has 0 saturated carbocycles. The summed E-state index contributed by atoms with van der Waals surface area (Å²) < 4.78 is 0. The minimum Gasteiger partial charge on any atom is -0.478 e. The summed E-state index contributed by atoms with van der Waals surface area (Å²) in [6, 6.07) is -0.753. The number of aliphatic carboxylic acids is 1. The third kappa shape index (κ3) is 4.53. The molecule has 2 amide bonds. The van der Waals surface area contributed by atoms with Gasteiger partial charge in [0.25, 0.3) is 0 Å². The molecule has 1 unspecified atom stereocenters. The molecular formula is C16H23N3O4. The molecule has 1 aliphatic rings. The maximum Gasteiger partial charge on any atom is 0.332 e. The molecule has 126 valence electrons. The van der Waals surface area contributed by atoms with Gasteiger partial charge in [-0.1, -0.05) is 19.9 Å². The topological polar surface area (TPSA) is 125 Å². The number of nitrogens with one attached hydrogen (secondary N) is 1. The first-order chi connectivity index (χ1) is 10.5. The number of urea groups is 1. The molecule has 0 radical (unpaired) electrons. The first kappa shape index (κ1) is 18.6. The number of primary amides is 1. The fraction of sp³-hybridized carbons (Fsp3) is 0.438. The number of allylic oxidation sites excluding steroid dienone is 3. The van der Waals surface area contributed by atoms with Crippen LogP contribution in [0.25, 0.3) is 0 Å². The van der Waals surface area contributed by atoms with Gasteiger partial charge < -0.3 is 15.9 Å². The number of nitrogens with zero attached hydrogens (tertiary/aromatic N) is 1. The monoisotopic (exact) mass is 321 g/mol. The Bertz CT molecular complexity index is 629. The van der Waals surface area contributed by atoms with E-state index in [2.05, 4.69) is 10.5 Å². The number of nitrogens with two attached hydrogens (primary N) is 1. The van der Waals surface area contributed by atoms with E-state index < -0.39 is 23.0 Å². The number of rotatable bonds is 4. The van der Waals surface area contributed by atoms with Gasteiger partial charge in [0.15, 0.2) is 0 Å². The van der Waals surface area contributed by atoms with Crippen LogP contribution in [0.1, 0.15) is 34.1 Å². The van der Waals surface area contributed by atoms with E-state index in [4.69, 9.17) is 10.8 Å². The predicted molar refractivity (Wildman–Crippen MR) is 87.8 cm³/mol. The van der Waals surface area contributed by atoms with Crippen molar-refractivity contribution < 1.29 is 19.8 Å².